The van der Waals surface area contributed by atoms with Crippen LogP contribution in [0.1, 0.15) is 68.1 Å². The zero-order chi connectivity index (χ0) is 26.3. The van der Waals surface area contributed by atoms with Crippen LogP contribution < -0.4 is 4.52 Å². The van der Waals surface area contributed by atoms with E-state index in [1.165, 1.54) is 44.1 Å². The van der Waals surface area contributed by atoms with Crippen LogP contribution in [0.5, 0.6) is 5.75 Å². The van der Waals surface area contributed by atoms with E-state index in [0.717, 1.165) is 47.1 Å². The van der Waals surface area contributed by atoms with Gasteiger partial charge in [-0.25, -0.2) is 0 Å². The molecule has 4 aliphatic carbocycles. The summed E-state index contributed by atoms with van der Waals surface area (Å²) in [6.07, 6.45) is 20.1. The first-order valence-electron chi connectivity index (χ1n) is 15.2. The summed E-state index contributed by atoms with van der Waals surface area (Å²) in [5.74, 6) is 4.68. The molecule has 0 N–H and O–H groups in total. The molecular weight excluding hydrogens is 499 g/mol. The highest BCUT2D eigenvalue weighted by Crippen LogP contribution is 2.61. The summed E-state index contributed by atoms with van der Waals surface area (Å²) in [5, 5.41) is 0. The number of aryl methyl sites for hydroxylation is 1. The first-order valence-corrected chi connectivity index (χ1v) is 16.3. The Morgan fingerprint density at radius 2 is 1.62 bits per heavy atom. The standard InChI is InChI=1S/C35H41O3P/c1-23-16-19-31(30(22-23)24(2)25-10-4-3-5-11-25)36-39-37-32-20-17-26-12-6-8-14-28(26)34(32)35-29-15-9-7-13-27(29)18-21-33(35)38-39/h3-6,8,10-12,14,16,19,22,26-29,32-35H,2,7,9,13,15,17-18,20-21H2,1H3. The summed E-state index contributed by atoms with van der Waals surface area (Å²) in [6, 6.07) is 16.8. The average Bonchev–Trinajstić information content (AvgIpc) is 3.15. The minimum Gasteiger partial charge on any atom is -0.426 e. The van der Waals surface area contributed by atoms with Crippen molar-refractivity contribution >= 4 is 14.2 Å². The maximum atomic E-state index is 6.96. The highest BCUT2D eigenvalue weighted by atomic mass is 31.2. The molecule has 3 nitrogen and oxygen atoms in total. The van der Waals surface area contributed by atoms with Crippen LogP contribution in [0.4, 0.5) is 0 Å². The van der Waals surface area contributed by atoms with E-state index < -0.39 is 8.60 Å². The molecule has 1 aliphatic heterocycles. The molecule has 2 aromatic carbocycles. The number of hydrogen-bond acceptors (Lipinski definition) is 3. The van der Waals surface area contributed by atoms with Crippen LogP contribution in [0.3, 0.4) is 0 Å². The van der Waals surface area contributed by atoms with Gasteiger partial charge in [0.25, 0.3) is 0 Å². The van der Waals surface area contributed by atoms with Gasteiger partial charge in [0.2, 0.25) is 0 Å². The van der Waals surface area contributed by atoms with Crippen LogP contribution in [0.15, 0.2) is 79.4 Å². The van der Waals surface area contributed by atoms with Gasteiger partial charge in [-0.1, -0.05) is 92.1 Å². The van der Waals surface area contributed by atoms with Gasteiger partial charge in [-0.05, 0) is 97.8 Å². The van der Waals surface area contributed by atoms with Crippen molar-refractivity contribution in [3.63, 3.8) is 0 Å². The Bertz CT molecular complexity index is 1250. The number of hydrogen-bond donors (Lipinski definition) is 0. The van der Waals surface area contributed by atoms with Gasteiger partial charge in [-0.15, -0.1) is 0 Å². The fourth-order valence-electron chi connectivity index (χ4n) is 8.52. The highest BCUT2D eigenvalue weighted by Gasteiger charge is 2.55. The van der Waals surface area contributed by atoms with E-state index in [1.807, 2.05) is 6.07 Å². The Hall–Kier alpha value is -2.19. The van der Waals surface area contributed by atoms with Crippen molar-refractivity contribution in [1.82, 2.24) is 0 Å². The number of allylic oxidation sites excluding steroid dienone is 4. The van der Waals surface area contributed by atoms with Crippen molar-refractivity contribution in [2.24, 2.45) is 35.5 Å². The van der Waals surface area contributed by atoms with Crippen LogP contribution >= 0.6 is 8.60 Å². The van der Waals surface area contributed by atoms with Gasteiger partial charge in [-0.3, -0.25) is 9.05 Å². The van der Waals surface area contributed by atoms with Gasteiger partial charge in [0.15, 0.2) is 0 Å². The van der Waals surface area contributed by atoms with Crippen molar-refractivity contribution in [1.29, 1.82) is 0 Å². The predicted octanol–water partition coefficient (Wildman–Crippen LogP) is 9.43. The molecule has 204 valence electrons. The second-order valence-electron chi connectivity index (χ2n) is 12.5. The summed E-state index contributed by atoms with van der Waals surface area (Å²) >= 11 is 0. The Morgan fingerprint density at radius 1 is 0.846 bits per heavy atom. The lowest BCUT2D eigenvalue weighted by molar-refractivity contribution is -0.0624. The minimum atomic E-state index is -1.51. The van der Waals surface area contributed by atoms with Gasteiger partial charge in [0, 0.05) is 5.56 Å². The molecule has 1 saturated heterocycles. The van der Waals surface area contributed by atoms with Gasteiger partial charge < -0.3 is 4.52 Å². The highest BCUT2D eigenvalue weighted by molar-refractivity contribution is 7.42. The summed E-state index contributed by atoms with van der Waals surface area (Å²) in [4.78, 5) is 0. The number of rotatable bonds is 4. The van der Waals surface area contributed by atoms with Crippen LogP contribution in [0.25, 0.3) is 5.57 Å². The third kappa shape index (κ3) is 4.96. The number of benzene rings is 2. The van der Waals surface area contributed by atoms with Gasteiger partial charge in [0.05, 0.1) is 12.2 Å². The molecule has 9 atom stereocenters. The summed E-state index contributed by atoms with van der Waals surface area (Å²) in [5.41, 5.74) is 4.29. The van der Waals surface area contributed by atoms with Crippen LogP contribution in [0.2, 0.25) is 0 Å². The van der Waals surface area contributed by atoms with Gasteiger partial charge in [-0.2, -0.15) is 0 Å². The first-order chi connectivity index (χ1) is 19.2. The van der Waals surface area contributed by atoms with Gasteiger partial charge in [0.1, 0.15) is 5.75 Å². The molecule has 1 heterocycles. The Morgan fingerprint density at radius 3 is 2.49 bits per heavy atom. The first kappa shape index (κ1) is 25.8. The zero-order valence-corrected chi connectivity index (χ0v) is 24.0. The monoisotopic (exact) mass is 540 g/mol. The van der Waals surface area contributed by atoms with Crippen molar-refractivity contribution in [2.45, 2.75) is 70.5 Å². The Balaban J connectivity index is 1.21. The maximum Gasteiger partial charge on any atom is 0.397 e. The third-order valence-corrected chi connectivity index (χ3v) is 11.5. The summed E-state index contributed by atoms with van der Waals surface area (Å²) in [6.45, 7) is 6.58. The second-order valence-corrected chi connectivity index (χ2v) is 13.5. The van der Waals surface area contributed by atoms with Crippen LogP contribution in [-0.4, -0.2) is 12.2 Å². The Kier molecular flexibility index (Phi) is 7.26. The van der Waals surface area contributed by atoms with E-state index in [4.69, 9.17) is 13.6 Å². The predicted molar refractivity (Wildman–Crippen MR) is 159 cm³/mol. The fraction of sp³-hybridized carbons (Fsp3) is 0.486. The maximum absolute atomic E-state index is 6.96. The lowest BCUT2D eigenvalue weighted by Gasteiger charge is -2.52. The Labute approximate surface area is 235 Å². The van der Waals surface area contributed by atoms with Crippen molar-refractivity contribution < 1.29 is 13.6 Å². The molecule has 0 radical (unpaired) electrons. The topological polar surface area (TPSA) is 27.7 Å². The van der Waals surface area contributed by atoms with E-state index in [-0.39, 0.29) is 12.2 Å². The van der Waals surface area contributed by atoms with Gasteiger partial charge >= 0.3 is 8.60 Å². The quantitative estimate of drug-likeness (QED) is 0.362. The molecule has 39 heavy (non-hydrogen) atoms. The van der Waals surface area contributed by atoms with Crippen molar-refractivity contribution in [2.75, 3.05) is 0 Å². The molecule has 9 unspecified atom stereocenters. The fourth-order valence-corrected chi connectivity index (χ4v) is 9.91. The molecule has 0 aromatic heterocycles. The molecule has 0 spiro atoms. The third-order valence-electron chi connectivity index (χ3n) is 10.3. The lowest BCUT2D eigenvalue weighted by atomic mass is 9.54. The molecule has 2 aromatic rings. The van der Waals surface area contributed by atoms with Crippen molar-refractivity contribution in [3.05, 3.63) is 96.1 Å². The average molecular weight is 541 g/mol. The molecule has 0 amide bonds. The second kappa shape index (κ2) is 11.0. The summed E-state index contributed by atoms with van der Waals surface area (Å²) < 4.78 is 20.7. The van der Waals surface area contributed by atoms with Crippen molar-refractivity contribution in [3.8, 4) is 5.75 Å². The van der Waals surface area contributed by atoms with E-state index in [2.05, 4.69) is 80.3 Å². The molecule has 0 bridgehead atoms. The molecule has 4 heteroatoms. The zero-order valence-electron chi connectivity index (χ0n) is 23.1. The van der Waals surface area contributed by atoms with E-state index in [9.17, 15) is 0 Å². The van der Waals surface area contributed by atoms with E-state index >= 15 is 0 Å². The molecule has 4 fully saturated rings. The SMILES string of the molecule is C=C(c1ccccc1)c1cc(C)ccc1OP1OC2CCC3C=CC=CC3C2C2C(CCC3CCCCC32)O1. The molecule has 7 rings (SSSR count). The lowest BCUT2D eigenvalue weighted by Crippen LogP contribution is -2.50. The summed E-state index contributed by atoms with van der Waals surface area (Å²) in [7, 11) is -1.51. The molecular formula is C35H41O3P. The van der Waals surface area contributed by atoms with E-state index in [0.29, 0.717) is 23.7 Å². The molecule has 5 aliphatic rings. The smallest absolute Gasteiger partial charge is 0.397 e. The van der Waals surface area contributed by atoms with Crippen LogP contribution in [0, 0.1) is 42.4 Å². The van der Waals surface area contributed by atoms with E-state index in [1.54, 1.807) is 0 Å². The normalized spacial score (nSPS) is 37.0. The molecule has 3 saturated carbocycles. The van der Waals surface area contributed by atoms with Crippen LogP contribution in [-0.2, 0) is 9.05 Å². The number of fused-ring (bicyclic) bond motifs is 7. The minimum absolute atomic E-state index is 0.190. The largest absolute Gasteiger partial charge is 0.426 e.